The van der Waals surface area contributed by atoms with Crippen LogP contribution in [-0.2, 0) is 4.74 Å². The number of aryl methyl sites for hydroxylation is 1. The Hall–Kier alpha value is -2.91. The van der Waals surface area contributed by atoms with Crippen molar-refractivity contribution >= 4 is 23.5 Å². The van der Waals surface area contributed by atoms with E-state index in [1.807, 2.05) is 29.2 Å². The quantitative estimate of drug-likeness (QED) is 0.560. The van der Waals surface area contributed by atoms with Crippen molar-refractivity contribution in [2.75, 3.05) is 54.9 Å². The monoisotopic (exact) mass is 494 g/mol. The fraction of sp³-hybridized carbons (Fsp3) is 0.593. The zero-order valence-corrected chi connectivity index (χ0v) is 21.4. The van der Waals surface area contributed by atoms with Crippen molar-refractivity contribution in [1.29, 1.82) is 0 Å². The van der Waals surface area contributed by atoms with Gasteiger partial charge in [-0.2, -0.15) is 4.98 Å². The van der Waals surface area contributed by atoms with Crippen LogP contribution in [0.15, 0.2) is 24.3 Å². The first-order chi connectivity index (χ1) is 17.5. The molecule has 9 nitrogen and oxygen atoms in total. The Kier molecular flexibility index (Phi) is 7.57. The summed E-state index contributed by atoms with van der Waals surface area (Å²) in [4.78, 5) is 26.7. The number of aliphatic hydroxyl groups is 1. The highest BCUT2D eigenvalue weighted by atomic mass is 16.5. The lowest BCUT2D eigenvalue weighted by molar-refractivity contribution is 0.122. The normalized spacial score (nSPS) is 24.2. The minimum absolute atomic E-state index is 0.0420. The molecule has 3 N–H and O–H groups in total. The Labute approximate surface area is 213 Å². The second-order valence-electron chi connectivity index (χ2n) is 10.3. The van der Waals surface area contributed by atoms with Crippen molar-refractivity contribution in [1.82, 2.24) is 14.9 Å². The molecule has 2 aliphatic heterocycles. The molecule has 3 heterocycles. The second kappa shape index (κ2) is 11.0. The molecule has 1 aromatic carbocycles. The van der Waals surface area contributed by atoms with E-state index in [0.29, 0.717) is 31.5 Å². The SMILES string of the molecule is CC[C@@H]1CCN(C(=O)Nc2ccc(C)c(-c3cc(N4CCOCC4)nc(N[C@@H]4CC[C@@H](O)C4)n3)c2)C1. The molecule has 2 amide bonds. The van der Waals surface area contributed by atoms with Crippen LogP contribution in [0, 0.1) is 12.8 Å². The molecule has 3 aliphatic rings. The van der Waals surface area contributed by atoms with Crippen LogP contribution in [0.25, 0.3) is 11.3 Å². The van der Waals surface area contributed by atoms with E-state index in [4.69, 9.17) is 14.7 Å². The molecule has 194 valence electrons. The van der Waals surface area contributed by atoms with Crippen molar-refractivity contribution in [2.45, 2.75) is 58.1 Å². The number of nitrogens with zero attached hydrogens (tertiary/aromatic N) is 4. The van der Waals surface area contributed by atoms with Gasteiger partial charge in [-0.15, -0.1) is 0 Å². The number of aromatic nitrogens is 2. The van der Waals surface area contributed by atoms with Crippen molar-refractivity contribution in [2.24, 2.45) is 5.92 Å². The molecule has 3 fully saturated rings. The fourth-order valence-corrected chi connectivity index (χ4v) is 5.39. The summed E-state index contributed by atoms with van der Waals surface area (Å²) in [5, 5.41) is 16.5. The van der Waals surface area contributed by atoms with Gasteiger partial charge in [-0.1, -0.05) is 19.4 Å². The number of morpholine rings is 1. The van der Waals surface area contributed by atoms with E-state index in [-0.39, 0.29) is 18.2 Å². The Morgan fingerprint density at radius 2 is 1.97 bits per heavy atom. The lowest BCUT2D eigenvalue weighted by Gasteiger charge is -2.28. The predicted molar refractivity (Wildman–Crippen MR) is 141 cm³/mol. The highest BCUT2D eigenvalue weighted by molar-refractivity contribution is 5.90. The molecule has 0 spiro atoms. The van der Waals surface area contributed by atoms with Crippen LogP contribution >= 0.6 is 0 Å². The Morgan fingerprint density at radius 1 is 1.14 bits per heavy atom. The summed E-state index contributed by atoms with van der Waals surface area (Å²) in [6, 6.07) is 8.13. The maximum atomic E-state index is 12.9. The first-order valence-corrected chi connectivity index (χ1v) is 13.3. The zero-order chi connectivity index (χ0) is 25.1. The smallest absolute Gasteiger partial charge is 0.321 e. The van der Waals surface area contributed by atoms with Crippen molar-refractivity contribution in [3.05, 3.63) is 29.8 Å². The average Bonchev–Trinajstić information content (AvgIpc) is 3.54. The van der Waals surface area contributed by atoms with Gasteiger partial charge in [-0.25, -0.2) is 9.78 Å². The Morgan fingerprint density at radius 3 is 2.69 bits per heavy atom. The minimum atomic E-state index is -0.268. The molecule has 2 aromatic rings. The minimum Gasteiger partial charge on any atom is -0.393 e. The molecule has 3 atom stereocenters. The van der Waals surface area contributed by atoms with E-state index in [1.165, 1.54) is 0 Å². The highest BCUT2D eigenvalue weighted by Gasteiger charge is 2.26. The van der Waals surface area contributed by atoms with E-state index in [9.17, 15) is 9.90 Å². The summed E-state index contributed by atoms with van der Waals surface area (Å²) in [6.07, 6.45) is 4.31. The molecule has 0 radical (unpaired) electrons. The summed E-state index contributed by atoms with van der Waals surface area (Å²) < 4.78 is 5.54. The average molecular weight is 495 g/mol. The number of aliphatic hydroxyl groups excluding tert-OH is 1. The lowest BCUT2D eigenvalue weighted by atomic mass is 10.0. The second-order valence-corrected chi connectivity index (χ2v) is 10.3. The van der Waals surface area contributed by atoms with Gasteiger partial charge in [0, 0.05) is 49.5 Å². The summed E-state index contributed by atoms with van der Waals surface area (Å²) in [5.74, 6) is 2.03. The van der Waals surface area contributed by atoms with Gasteiger partial charge in [0.05, 0.1) is 25.0 Å². The molecule has 0 unspecified atom stereocenters. The number of ether oxygens (including phenoxy) is 1. The topological polar surface area (TPSA) is 103 Å². The standard InChI is InChI=1S/C27H38N6O3/c1-3-19-8-9-33(17-19)27(35)29-21-5-4-18(2)23(15-21)24-16-25(32-10-12-36-13-11-32)31-26(30-24)28-20-6-7-22(34)14-20/h4-5,15-16,19-20,22,34H,3,6-14,17H2,1-2H3,(H,29,35)(H,28,30,31)/t19-,20-,22-/m1/s1. The Balaban J connectivity index is 1.41. The first kappa shape index (κ1) is 24.8. The number of hydrogen-bond donors (Lipinski definition) is 3. The molecule has 1 aromatic heterocycles. The summed E-state index contributed by atoms with van der Waals surface area (Å²) in [6.45, 7) is 8.78. The molecule has 5 rings (SSSR count). The van der Waals surface area contributed by atoms with E-state index >= 15 is 0 Å². The maximum absolute atomic E-state index is 12.9. The summed E-state index contributed by atoms with van der Waals surface area (Å²) in [5.41, 5.74) is 3.62. The zero-order valence-electron chi connectivity index (χ0n) is 21.4. The van der Waals surface area contributed by atoms with Gasteiger partial charge in [-0.3, -0.25) is 0 Å². The molecule has 1 aliphatic carbocycles. The van der Waals surface area contributed by atoms with Gasteiger partial charge in [0.1, 0.15) is 5.82 Å². The molecule has 1 saturated carbocycles. The third kappa shape index (κ3) is 5.73. The molecule has 36 heavy (non-hydrogen) atoms. The van der Waals surface area contributed by atoms with Crippen LogP contribution in [-0.4, -0.2) is 77.5 Å². The van der Waals surface area contributed by atoms with Gasteiger partial charge in [-0.05, 0) is 56.2 Å². The Bertz CT molecular complexity index is 1070. The maximum Gasteiger partial charge on any atom is 0.321 e. The van der Waals surface area contributed by atoms with Crippen LogP contribution in [0.1, 0.15) is 44.6 Å². The lowest BCUT2D eigenvalue weighted by Crippen LogP contribution is -2.37. The number of anilines is 3. The van der Waals surface area contributed by atoms with Crippen molar-refractivity contribution in [3.8, 4) is 11.3 Å². The molecular weight excluding hydrogens is 456 g/mol. The highest BCUT2D eigenvalue weighted by Crippen LogP contribution is 2.31. The summed E-state index contributed by atoms with van der Waals surface area (Å²) >= 11 is 0. The number of carbonyl (C=O) groups excluding carboxylic acids is 1. The summed E-state index contributed by atoms with van der Waals surface area (Å²) in [7, 11) is 0. The predicted octanol–water partition coefficient (Wildman–Crippen LogP) is 3.88. The van der Waals surface area contributed by atoms with E-state index in [2.05, 4.69) is 29.4 Å². The van der Waals surface area contributed by atoms with Crippen LogP contribution in [0.4, 0.5) is 22.2 Å². The van der Waals surface area contributed by atoms with E-state index in [1.54, 1.807) is 0 Å². The largest absolute Gasteiger partial charge is 0.393 e. The number of likely N-dealkylation sites (tertiary alicyclic amines) is 1. The van der Waals surface area contributed by atoms with Crippen molar-refractivity contribution in [3.63, 3.8) is 0 Å². The van der Waals surface area contributed by atoms with E-state index in [0.717, 1.165) is 80.2 Å². The number of rotatable bonds is 6. The van der Waals surface area contributed by atoms with Crippen LogP contribution < -0.4 is 15.5 Å². The van der Waals surface area contributed by atoms with Gasteiger partial charge >= 0.3 is 6.03 Å². The third-order valence-electron chi connectivity index (χ3n) is 7.70. The van der Waals surface area contributed by atoms with Gasteiger partial charge < -0.3 is 30.3 Å². The van der Waals surface area contributed by atoms with Crippen LogP contribution in [0.5, 0.6) is 0 Å². The van der Waals surface area contributed by atoms with E-state index < -0.39 is 0 Å². The first-order valence-electron chi connectivity index (χ1n) is 13.3. The third-order valence-corrected chi connectivity index (χ3v) is 7.70. The molecule has 2 saturated heterocycles. The van der Waals surface area contributed by atoms with Gasteiger partial charge in [0.15, 0.2) is 0 Å². The van der Waals surface area contributed by atoms with Crippen molar-refractivity contribution < 1.29 is 14.6 Å². The number of carbonyl (C=O) groups is 1. The molecule has 9 heteroatoms. The number of benzene rings is 1. The number of amides is 2. The fourth-order valence-electron chi connectivity index (χ4n) is 5.39. The number of urea groups is 1. The number of nitrogens with one attached hydrogen (secondary N) is 2. The van der Waals surface area contributed by atoms with Gasteiger partial charge in [0.2, 0.25) is 5.95 Å². The number of hydrogen-bond acceptors (Lipinski definition) is 7. The molecule has 0 bridgehead atoms. The van der Waals surface area contributed by atoms with Crippen LogP contribution in [0.2, 0.25) is 0 Å². The van der Waals surface area contributed by atoms with Gasteiger partial charge in [0.25, 0.3) is 0 Å². The molecular formula is C27H38N6O3. The van der Waals surface area contributed by atoms with Crippen LogP contribution in [0.3, 0.4) is 0 Å².